The lowest BCUT2D eigenvalue weighted by atomic mass is 10.2. The second-order valence-electron chi connectivity index (χ2n) is 4.41. The maximum absolute atomic E-state index is 11.7. The number of para-hydroxylation sites is 2. The maximum Gasteiger partial charge on any atom is 0.277 e. The molecule has 2 aromatic carbocycles. The van der Waals surface area contributed by atoms with Crippen molar-refractivity contribution in [2.45, 2.75) is 0 Å². The lowest BCUT2D eigenvalue weighted by Crippen LogP contribution is -2.24. The minimum Gasteiger partial charge on any atom is -0.493 e. The van der Waals surface area contributed by atoms with Crippen LogP contribution in [0.5, 0.6) is 11.5 Å². The Balaban J connectivity index is 1.85. The van der Waals surface area contributed by atoms with Gasteiger partial charge in [0, 0.05) is 0 Å². The number of benzene rings is 2. The summed E-state index contributed by atoms with van der Waals surface area (Å²) in [6, 6.07) is 12.1. The molecule has 1 N–H and O–H groups in total. The summed E-state index contributed by atoms with van der Waals surface area (Å²) in [6.45, 7) is -0.181. The Labute approximate surface area is 143 Å². The molecule has 0 saturated heterocycles. The highest BCUT2D eigenvalue weighted by molar-refractivity contribution is 6.42. The van der Waals surface area contributed by atoms with Crippen molar-refractivity contribution in [1.82, 2.24) is 5.43 Å². The first-order valence-corrected chi connectivity index (χ1v) is 7.38. The van der Waals surface area contributed by atoms with Crippen LogP contribution >= 0.6 is 23.2 Å². The number of amides is 1. The third-order valence-electron chi connectivity index (χ3n) is 2.77. The van der Waals surface area contributed by atoms with Gasteiger partial charge in [-0.3, -0.25) is 4.79 Å². The number of hydrazone groups is 1. The number of ether oxygens (including phenoxy) is 2. The predicted molar refractivity (Wildman–Crippen MR) is 90.7 cm³/mol. The van der Waals surface area contributed by atoms with Crippen LogP contribution in [0.3, 0.4) is 0 Å². The fourth-order valence-electron chi connectivity index (χ4n) is 1.69. The van der Waals surface area contributed by atoms with Gasteiger partial charge in [-0.05, 0) is 29.8 Å². The molecular weight excluding hydrogens is 339 g/mol. The van der Waals surface area contributed by atoms with E-state index >= 15 is 0 Å². The molecule has 0 bridgehead atoms. The monoisotopic (exact) mass is 352 g/mol. The Morgan fingerprint density at radius 3 is 2.61 bits per heavy atom. The standard InChI is InChI=1S/C16H14Cl2N2O3/c1-22-14-4-2-3-5-15(14)23-10-16(21)20-19-9-11-6-7-12(17)13(18)8-11/h2-9H,10H2,1H3,(H,20,21)/b19-9+. The van der Waals surface area contributed by atoms with Gasteiger partial charge in [0.2, 0.25) is 0 Å². The minimum atomic E-state index is -0.396. The van der Waals surface area contributed by atoms with Crippen molar-refractivity contribution in [3.63, 3.8) is 0 Å². The van der Waals surface area contributed by atoms with Gasteiger partial charge in [0.15, 0.2) is 18.1 Å². The van der Waals surface area contributed by atoms with Crippen LogP contribution in [0.15, 0.2) is 47.6 Å². The van der Waals surface area contributed by atoms with Gasteiger partial charge in [-0.25, -0.2) is 5.43 Å². The van der Waals surface area contributed by atoms with Crippen LogP contribution in [0.25, 0.3) is 0 Å². The molecule has 0 aliphatic carbocycles. The largest absolute Gasteiger partial charge is 0.493 e. The average Bonchev–Trinajstić information content (AvgIpc) is 2.56. The highest BCUT2D eigenvalue weighted by Gasteiger charge is 2.06. The smallest absolute Gasteiger partial charge is 0.277 e. The first kappa shape index (κ1) is 17.1. The lowest BCUT2D eigenvalue weighted by Gasteiger charge is -2.09. The SMILES string of the molecule is COc1ccccc1OCC(=O)N/N=C/c1ccc(Cl)c(Cl)c1. The molecule has 0 heterocycles. The molecule has 0 fully saturated rings. The zero-order chi connectivity index (χ0) is 16.7. The number of hydrogen-bond acceptors (Lipinski definition) is 4. The summed E-state index contributed by atoms with van der Waals surface area (Å²) in [5.41, 5.74) is 3.07. The predicted octanol–water partition coefficient (Wildman–Crippen LogP) is 3.53. The van der Waals surface area contributed by atoms with E-state index in [0.717, 1.165) is 0 Å². The maximum atomic E-state index is 11.7. The molecule has 0 atom stereocenters. The number of rotatable bonds is 6. The molecule has 0 unspecified atom stereocenters. The number of halogens is 2. The molecular formula is C16H14Cl2N2O3. The van der Waals surface area contributed by atoms with E-state index in [0.29, 0.717) is 27.1 Å². The number of nitrogens with zero attached hydrogens (tertiary/aromatic N) is 1. The van der Waals surface area contributed by atoms with Crippen LogP contribution < -0.4 is 14.9 Å². The van der Waals surface area contributed by atoms with E-state index in [9.17, 15) is 4.79 Å². The van der Waals surface area contributed by atoms with E-state index in [1.54, 1.807) is 36.4 Å². The molecule has 5 nitrogen and oxygen atoms in total. The van der Waals surface area contributed by atoms with E-state index in [1.807, 2.05) is 6.07 Å². The number of carbonyl (C=O) groups excluding carboxylic acids is 1. The molecule has 2 rings (SSSR count). The summed E-state index contributed by atoms with van der Waals surface area (Å²) >= 11 is 11.7. The van der Waals surface area contributed by atoms with Crippen molar-refractivity contribution >= 4 is 35.3 Å². The van der Waals surface area contributed by atoms with Gasteiger partial charge in [-0.1, -0.05) is 41.4 Å². The molecule has 0 spiro atoms. The average molecular weight is 353 g/mol. The first-order chi connectivity index (χ1) is 11.1. The third-order valence-corrected chi connectivity index (χ3v) is 3.51. The zero-order valence-electron chi connectivity index (χ0n) is 12.3. The van der Waals surface area contributed by atoms with Crippen LogP contribution in [-0.4, -0.2) is 25.8 Å². The minimum absolute atomic E-state index is 0.181. The molecule has 2 aromatic rings. The van der Waals surface area contributed by atoms with Crippen molar-refractivity contribution in [3.8, 4) is 11.5 Å². The molecule has 0 radical (unpaired) electrons. The highest BCUT2D eigenvalue weighted by atomic mass is 35.5. The zero-order valence-corrected chi connectivity index (χ0v) is 13.8. The lowest BCUT2D eigenvalue weighted by molar-refractivity contribution is -0.123. The molecule has 23 heavy (non-hydrogen) atoms. The van der Waals surface area contributed by atoms with Crippen molar-refractivity contribution in [2.24, 2.45) is 5.10 Å². The van der Waals surface area contributed by atoms with Gasteiger partial charge >= 0.3 is 0 Å². The number of nitrogens with one attached hydrogen (secondary N) is 1. The fraction of sp³-hybridized carbons (Fsp3) is 0.125. The highest BCUT2D eigenvalue weighted by Crippen LogP contribution is 2.25. The molecule has 0 aliphatic heterocycles. The second-order valence-corrected chi connectivity index (χ2v) is 5.22. The van der Waals surface area contributed by atoms with E-state index in [4.69, 9.17) is 32.7 Å². The van der Waals surface area contributed by atoms with Gasteiger partial charge < -0.3 is 9.47 Å². The van der Waals surface area contributed by atoms with Gasteiger partial charge in [0.1, 0.15) is 0 Å². The van der Waals surface area contributed by atoms with Gasteiger partial charge in [0.05, 0.1) is 23.4 Å². The van der Waals surface area contributed by atoms with E-state index in [2.05, 4.69) is 10.5 Å². The van der Waals surface area contributed by atoms with E-state index in [1.165, 1.54) is 13.3 Å². The topological polar surface area (TPSA) is 59.9 Å². The Morgan fingerprint density at radius 1 is 1.17 bits per heavy atom. The first-order valence-electron chi connectivity index (χ1n) is 6.63. The van der Waals surface area contributed by atoms with Crippen molar-refractivity contribution in [1.29, 1.82) is 0 Å². The quantitative estimate of drug-likeness (QED) is 0.638. The van der Waals surface area contributed by atoms with Crippen LogP contribution in [0, 0.1) is 0 Å². The molecule has 0 aliphatic rings. The summed E-state index contributed by atoms with van der Waals surface area (Å²) < 4.78 is 10.5. The Kier molecular flexibility index (Phi) is 6.26. The van der Waals surface area contributed by atoms with Crippen molar-refractivity contribution in [3.05, 3.63) is 58.1 Å². The van der Waals surface area contributed by atoms with E-state index < -0.39 is 5.91 Å². The van der Waals surface area contributed by atoms with Crippen molar-refractivity contribution < 1.29 is 14.3 Å². The summed E-state index contributed by atoms with van der Waals surface area (Å²) in [5.74, 6) is 0.644. The Hall–Kier alpha value is -2.24. The summed E-state index contributed by atoms with van der Waals surface area (Å²) in [6.07, 6.45) is 1.46. The second kappa shape index (κ2) is 8.41. The number of methoxy groups -OCH3 is 1. The summed E-state index contributed by atoms with van der Waals surface area (Å²) in [4.78, 5) is 11.7. The normalized spacial score (nSPS) is 10.6. The Morgan fingerprint density at radius 2 is 1.91 bits per heavy atom. The van der Waals surface area contributed by atoms with E-state index in [-0.39, 0.29) is 6.61 Å². The number of hydrogen-bond donors (Lipinski definition) is 1. The van der Waals surface area contributed by atoms with Crippen LogP contribution in [-0.2, 0) is 4.79 Å². The van der Waals surface area contributed by atoms with Crippen molar-refractivity contribution in [2.75, 3.05) is 13.7 Å². The van der Waals surface area contributed by atoms with Crippen LogP contribution in [0.2, 0.25) is 10.0 Å². The molecule has 0 saturated carbocycles. The van der Waals surface area contributed by atoms with Gasteiger partial charge in [-0.15, -0.1) is 0 Å². The third kappa shape index (κ3) is 5.16. The summed E-state index contributed by atoms with van der Waals surface area (Å²) in [7, 11) is 1.53. The van der Waals surface area contributed by atoms with Gasteiger partial charge in [0.25, 0.3) is 5.91 Å². The molecule has 7 heteroatoms. The van der Waals surface area contributed by atoms with Crippen LogP contribution in [0.4, 0.5) is 0 Å². The van der Waals surface area contributed by atoms with Gasteiger partial charge in [-0.2, -0.15) is 5.10 Å². The number of carbonyl (C=O) groups is 1. The molecule has 120 valence electrons. The fourth-order valence-corrected chi connectivity index (χ4v) is 1.99. The van der Waals surface area contributed by atoms with Crippen LogP contribution in [0.1, 0.15) is 5.56 Å². The Bertz CT molecular complexity index is 720. The summed E-state index contributed by atoms with van der Waals surface area (Å²) in [5, 5.41) is 4.70. The molecule has 1 amide bonds. The molecule has 0 aromatic heterocycles.